The fourth-order valence-electron chi connectivity index (χ4n) is 2.59. The first kappa shape index (κ1) is 12.3. The Hall–Kier alpha value is -1.15. The van der Waals surface area contributed by atoms with E-state index in [1.54, 1.807) is 0 Å². The number of piperidine rings is 1. The van der Waals surface area contributed by atoms with Crippen molar-refractivity contribution in [3.63, 3.8) is 0 Å². The summed E-state index contributed by atoms with van der Waals surface area (Å²) in [5, 5.41) is 3.42. The third-order valence-electron chi connectivity index (χ3n) is 3.54. The maximum atomic E-state index is 10.7. The number of aldehydes is 1. The maximum absolute atomic E-state index is 10.7. The molecule has 0 radical (unpaired) electrons. The third-order valence-corrected chi connectivity index (χ3v) is 3.54. The van der Waals surface area contributed by atoms with Gasteiger partial charge in [0.15, 0.2) is 0 Å². The van der Waals surface area contributed by atoms with Gasteiger partial charge >= 0.3 is 0 Å². The van der Waals surface area contributed by atoms with Gasteiger partial charge in [-0.05, 0) is 44.1 Å². The average molecular weight is 231 g/mol. The second-order valence-electron chi connectivity index (χ2n) is 4.91. The number of carbonyl (C=O) groups excluding carboxylic acids is 1. The summed E-state index contributed by atoms with van der Waals surface area (Å²) in [7, 11) is 0. The van der Waals surface area contributed by atoms with Gasteiger partial charge in [-0.3, -0.25) is 0 Å². The second kappa shape index (κ2) is 6.55. The van der Waals surface area contributed by atoms with Crippen molar-refractivity contribution in [1.82, 2.24) is 5.32 Å². The summed E-state index contributed by atoms with van der Waals surface area (Å²) in [4.78, 5) is 10.7. The molecular formula is C15H21NO. The van der Waals surface area contributed by atoms with E-state index in [4.69, 9.17) is 0 Å². The molecule has 2 rings (SSSR count). The molecule has 92 valence electrons. The van der Waals surface area contributed by atoms with Gasteiger partial charge in [0.1, 0.15) is 6.29 Å². The fraction of sp³-hybridized carbons (Fsp3) is 0.533. The van der Waals surface area contributed by atoms with E-state index in [2.05, 4.69) is 35.6 Å². The van der Waals surface area contributed by atoms with Gasteiger partial charge in [-0.2, -0.15) is 0 Å². The van der Waals surface area contributed by atoms with Gasteiger partial charge in [-0.15, -0.1) is 0 Å². The van der Waals surface area contributed by atoms with Crippen LogP contribution in [0.2, 0.25) is 0 Å². The van der Waals surface area contributed by atoms with Gasteiger partial charge in [0.05, 0.1) is 6.04 Å². The molecule has 1 aliphatic rings. The molecule has 2 unspecified atom stereocenters. The van der Waals surface area contributed by atoms with Gasteiger partial charge in [0.25, 0.3) is 0 Å². The molecule has 0 aromatic heterocycles. The molecule has 1 N–H and O–H groups in total. The van der Waals surface area contributed by atoms with E-state index in [0.29, 0.717) is 6.04 Å². The van der Waals surface area contributed by atoms with Crippen LogP contribution >= 0.6 is 0 Å². The van der Waals surface area contributed by atoms with Gasteiger partial charge < -0.3 is 10.1 Å². The van der Waals surface area contributed by atoms with E-state index in [1.165, 1.54) is 31.2 Å². The highest BCUT2D eigenvalue weighted by Gasteiger charge is 2.19. The number of hydrogen-bond acceptors (Lipinski definition) is 2. The molecule has 1 aromatic carbocycles. The smallest absolute Gasteiger partial charge is 0.136 e. The van der Waals surface area contributed by atoms with E-state index in [-0.39, 0.29) is 6.04 Å². The molecule has 1 saturated heterocycles. The first-order chi connectivity index (χ1) is 8.38. The number of hydrogen-bond donors (Lipinski definition) is 1. The minimum atomic E-state index is 0.102. The molecule has 0 aliphatic carbocycles. The topological polar surface area (TPSA) is 29.1 Å². The monoisotopic (exact) mass is 231 g/mol. The van der Waals surface area contributed by atoms with Gasteiger partial charge in [0.2, 0.25) is 0 Å². The predicted octanol–water partition coefficient (Wildman–Crippen LogP) is 2.72. The van der Waals surface area contributed by atoms with E-state index >= 15 is 0 Å². The Morgan fingerprint density at radius 1 is 1.24 bits per heavy atom. The van der Waals surface area contributed by atoms with Gasteiger partial charge in [-0.25, -0.2) is 0 Å². The molecular weight excluding hydrogens is 210 g/mol. The zero-order chi connectivity index (χ0) is 11.9. The van der Waals surface area contributed by atoms with E-state index in [1.807, 2.05) is 0 Å². The van der Waals surface area contributed by atoms with Crippen LogP contribution in [0.15, 0.2) is 30.3 Å². The third kappa shape index (κ3) is 3.97. The van der Waals surface area contributed by atoms with Crippen molar-refractivity contribution >= 4 is 6.29 Å². The number of nitrogens with one attached hydrogen (secondary N) is 1. The van der Waals surface area contributed by atoms with Crippen LogP contribution in [0.5, 0.6) is 0 Å². The first-order valence-corrected chi connectivity index (χ1v) is 6.64. The van der Waals surface area contributed by atoms with Crippen LogP contribution in [0.4, 0.5) is 0 Å². The Morgan fingerprint density at radius 3 is 2.82 bits per heavy atom. The molecule has 1 heterocycles. The van der Waals surface area contributed by atoms with Gasteiger partial charge in [0, 0.05) is 6.04 Å². The molecule has 1 aliphatic heterocycles. The lowest BCUT2D eigenvalue weighted by Gasteiger charge is -2.27. The number of aryl methyl sites for hydroxylation is 1. The fourth-order valence-corrected chi connectivity index (χ4v) is 2.59. The molecule has 2 atom stereocenters. The van der Waals surface area contributed by atoms with Crippen LogP contribution in [0.25, 0.3) is 0 Å². The van der Waals surface area contributed by atoms with Crippen molar-refractivity contribution in [2.45, 2.75) is 50.6 Å². The van der Waals surface area contributed by atoms with Crippen molar-refractivity contribution in [3.8, 4) is 0 Å². The summed E-state index contributed by atoms with van der Waals surface area (Å²) >= 11 is 0. The Balaban J connectivity index is 1.70. The van der Waals surface area contributed by atoms with Crippen molar-refractivity contribution in [1.29, 1.82) is 0 Å². The Morgan fingerprint density at radius 2 is 2.06 bits per heavy atom. The van der Waals surface area contributed by atoms with Crippen LogP contribution in [-0.4, -0.2) is 18.4 Å². The van der Waals surface area contributed by atoms with Gasteiger partial charge in [-0.1, -0.05) is 30.3 Å². The highest BCUT2D eigenvalue weighted by Crippen LogP contribution is 2.16. The van der Waals surface area contributed by atoms with Crippen LogP contribution < -0.4 is 5.32 Å². The van der Waals surface area contributed by atoms with Crippen LogP contribution in [0, 0.1) is 0 Å². The molecule has 2 nitrogen and oxygen atoms in total. The Kier molecular flexibility index (Phi) is 4.75. The summed E-state index contributed by atoms with van der Waals surface area (Å²) in [5.41, 5.74) is 1.41. The number of rotatable bonds is 5. The standard InChI is InChI=1S/C15H21NO/c17-12-15-11-5-10-14(16-15)9-4-8-13-6-2-1-3-7-13/h1-3,6-7,12,14-16H,4-5,8-11H2. The van der Waals surface area contributed by atoms with Crippen LogP contribution in [0.1, 0.15) is 37.7 Å². The minimum Gasteiger partial charge on any atom is -0.305 e. The molecule has 0 saturated carbocycles. The van der Waals surface area contributed by atoms with Crippen molar-refractivity contribution < 1.29 is 4.79 Å². The number of carbonyl (C=O) groups is 1. The van der Waals surface area contributed by atoms with Crippen molar-refractivity contribution in [2.75, 3.05) is 0 Å². The Bertz CT molecular complexity index is 336. The van der Waals surface area contributed by atoms with Crippen molar-refractivity contribution in [3.05, 3.63) is 35.9 Å². The lowest BCUT2D eigenvalue weighted by Crippen LogP contribution is -2.43. The number of benzene rings is 1. The zero-order valence-electron chi connectivity index (χ0n) is 10.3. The lowest BCUT2D eigenvalue weighted by atomic mass is 9.95. The second-order valence-corrected chi connectivity index (χ2v) is 4.91. The highest BCUT2D eigenvalue weighted by molar-refractivity contribution is 5.57. The molecule has 2 heteroatoms. The minimum absolute atomic E-state index is 0.102. The molecule has 1 aromatic rings. The molecule has 0 spiro atoms. The van der Waals surface area contributed by atoms with E-state index in [9.17, 15) is 4.79 Å². The summed E-state index contributed by atoms with van der Waals surface area (Å²) in [6, 6.07) is 11.3. The van der Waals surface area contributed by atoms with Crippen molar-refractivity contribution in [2.24, 2.45) is 0 Å². The van der Waals surface area contributed by atoms with E-state index in [0.717, 1.165) is 19.1 Å². The zero-order valence-corrected chi connectivity index (χ0v) is 10.3. The predicted molar refractivity (Wildman–Crippen MR) is 70.0 cm³/mol. The normalized spacial score (nSPS) is 24.5. The average Bonchev–Trinajstić information content (AvgIpc) is 2.40. The highest BCUT2D eigenvalue weighted by atomic mass is 16.1. The summed E-state index contributed by atoms with van der Waals surface area (Å²) in [6.07, 6.45) is 8.00. The maximum Gasteiger partial charge on any atom is 0.136 e. The molecule has 1 fully saturated rings. The molecule has 17 heavy (non-hydrogen) atoms. The molecule has 0 amide bonds. The lowest BCUT2D eigenvalue weighted by molar-refractivity contribution is -0.110. The quantitative estimate of drug-likeness (QED) is 0.789. The van der Waals surface area contributed by atoms with E-state index < -0.39 is 0 Å². The summed E-state index contributed by atoms with van der Waals surface area (Å²) < 4.78 is 0. The summed E-state index contributed by atoms with van der Waals surface area (Å²) in [6.45, 7) is 0. The first-order valence-electron chi connectivity index (χ1n) is 6.64. The van der Waals surface area contributed by atoms with Crippen LogP contribution in [0.3, 0.4) is 0 Å². The summed E-state index contributed by atoms with van der Waals surface area (Å²) in [5.74, 6) is 0. The Labute approximate surface area is 103 Å². The molecule has 0 bridgehead atoms. The van der Waals surface area contributed by atoms with Crippen LogP contribution in [-0.2, 0) is 11.2 Å². The SMILES string of the molecule is O=CC1CCCC(CCCc2ccccc2)N1. The largest absolute Gasteiger partial charge is 0.305 e.